The number of carbonyl (C=O) groups is 1. The first-order chi connectivity index (χ1) is 15.6. The summed E-state index contributed by atoms with van der Waals surface area (Å²) >= 11 is 0. The molecule has 3 aliphatic rings. The number of hydrogen-bond donors (Lipinski definition) is 1. The second-order valence-electron chi connectivity index (χ2n) is 9.73. The lowest BCUT2D eigenvalue weighted by molar-refractivity contribution is -0.0549. The first-order valence-corrected chi connectivity index (χ1v) is 12.0. The van der Waals surface area contributed by atoms with E-state index in [0.717, 1.165) is 25.7 Å². The number of halogens is 1. The summed E-state index contributed by atoms with van der Waals surface area (Å²) in [6.45, 7) is 0.0372. The number of aliphatic hydroxyl groups is 1. The molecule has 5 heteroatoms. The van der Waals surface area contributed by atoms with Crippen LogP contribution >= 0.6 is 0 Å². The van der Waals surface area contributed by atoms with Gasteiger partial charge in [0.05, 0.1) is 12.3 Å². The number of benzene rings is 2. The van der Waals surface area contributed by atoms with Crippen LogP contribution in [-0.2, 0) is 4.74 Å². The molecule has 2 aromatic carbocycles. The van der Waals surface area contributed by atoms with E-state index in [4.69, 9.17) is 4.74 Å². The van der Waals surface area contributed by atoms with Gasteiger partial charge in [-0.1, -0.05) is 61.4 Å². The second-order valence-corrected chi connectivity index (χ2v) is 9.73. The summed E-state index contributed by atoms with van der Waals surface area (Å²) < 4.78 is 18.3. The summed E-state index contributed by atoms with van der Waals surface area (Å²) in [6, 6.07) is 16.8. The van der Waals surface area contributed by atoms with E-state index in [1.807, 2.05) is 29.2 Å². The third kappa shape index (κ3) is 3.92. The maximum Gasteiger partial charge on any atom is 0.410 e. The van der Waals surface area contributed by atoms with Gasteiger partial charge in [-0.15, -0.1) is 0 Å². The van der Waals surface area contributed by atoms with Gasteiger partial charge in [-0.3, -0.25) is 4.39 Å². The largest absolute Gasteiger partial charge is 0.448 e. The first kappa shape index (κ1) is 21.4. The molecule has 2 unspecified atom stereocenters. The third-order valence-electron chi connectivity index (χ3n) is 7.67. The van der Waals surface area contributed by atoms with Crippen molar-refractivity contribution < 1.29 is 19.0 Å². The Balaban J connectivity index is 1.23. The number of ether oxygens (including phenoxy) is 1. The summed E-state index contributed by atoms with van der Waals surface area (Å²) in [5, 5.41) is 11.1. The van der Waals surface area contributed by atoms with Gasteiger partial charge in [0.1, 0.15) is 6.61 Å². The molecule has 0 spiro atoms. The Morgan fingerprint density at radius 3 is 2.16 bits per heavy atom. The lowest BCUT2D eigenvalue weighted by Crippen LogP contribution is -2.53. The van der Waals surface area contributed by atoms with Crippen molar-refractivity contribution in [3.8, 4) is 11.1 Å². The molecule has 2 heterocycles. The van der Waals surface area contributed by atoms with E-state index in [-0.39, 0.29) is 30.8 Å². The first-order valence-electron chi connectivity index (χ1n) is 12.0. The van der Waals surface area contributed by atoms with E-state index >= 15 is 0 Å². The normalized spacial score (nSPS) is 26.1. The summed E-state index contributed by atoms with van der Waals surface area (Å²) in [5.74, 6) is 0.0567. The molecule has 4 nitrogen and oxygen atoms in total. The van der Waals surface area contributed by atoms with Crippen molar-refractivity contribution in [2.24, 2.45) is 0 Å². The van der Waals surface area contributed by atoms with Crippen molar-refractivity contribution in [3.63, 3.8) is 0 Å². The SMILES string of the molecule is O=C(OCC1c2ccccc2-c2ccccc21)N1C2CCC1CC(O)(CCCCCF)C2. The van der Waals surface area contributed by atoms with Gasteiger partial charge in [0, 0.05) is 18.0 Å². The van der Waals surface area contributed by atoms with Gasteiger partial charge in [0.2, 0.25) is 0 Å². The Bertz CT molecular complexity index is 917. The number of alkyl halides is 1. The Morgan fingerprint density at radius 2 is 1.56 bits per heavy atom. The Labute approximate surface area is 189 Å². The maximum atomic E-state index is 13.1. The molecular weight excluding hydrogens is 405 g/mol. The highest BCUT2D eigenvalue weighted by Crippen LogP contribution is 2.46. The van der Waals surface area contributed by atoms with Gasteiger partial charge in [0.15, 0.2) is 0 Å². The van der Waals surface area contributed by atoms with Crippen LogP contribution < -0.4 is 0 Å². The molecule has 32 heavy (non-hydrogen) atoms. The molecule has 2 aliphatic heterocycles. The average Bonchev–Trinajstić information content (AvgIpc) is 3.28. The highest BCUT2D eigenvalue weighted by Gasteiger charge is 2.49. The van der Waals surface area contributed by atoms with E-state index in [1.165, 1.54) is 22.3 Å². The Kier molecular flexibility index (Phi) is 5.93. The molecular formula is C27H32FNO3. The number of fused-ring (bicyclic) bond motifs is 5. The van der Waals surface area contributed by atoms with E-state index in [0.29, 0.717) is 32.3 Å². The average molecular weight is 438 g/mol. The van der Waals surface area contributed by atoms with Crippen molar-refractivity contribution >= 4 is 6.09 Å². The van der Waals surface area contributed by atoms with E-state index in [1.54, 1.807) is 0 Å². The van der Waals surface area contributed by atoms with Crippen molar-refractivity contribution in [2.75, 3.05) is 13.3 Å². The highest BCUT2D eigenvalue weighted by atomic mass is 19.1. The van der Waals surface area contributed by atoms with E-state index in [9.17, 15) is 14.3 Å². The molecule has 1 N–H and O–H groups in total. The predicted octanol–water partition coefficient (Wildman–Crippen LogP) is 5.82. The number of nitrogens with zero attached hydrogens (tertiary/aromatic N) is 1. The van der Waals surface area contributed by atoms with Gasteiger partial charge in [-0.2, -0.15) is 0 Å². The Morgan fingerprint density at radius 1 is 0.969 bits per heavy atom. The minimum atomic E-state index is -0.734. The zero-order chi connectivity index (χ0) is 22.1. The second kappa shape index (κ2) is 8.86. The minimum Gasteiger partial charge on any atom is -0.448 e. The standard InChI is InChI=1S/C27H32FNO3/c28-15-7-1-6-14-27(31)16-19-12-13-20(17-27)29(19)26(30)32-18-25-23-10-4-2-8-21(23)22-9-3-5-11-24(22)25/h2-5,8-11,19-20,25,31H,1,6-7,12-18H2. The molecule has 0 radical (unpaired) electrons. The van der Waals surface area contributed by atoms with E-state index in [2.05, 4.69) is 24.3 Å². The molecule has 2 bridgehead atoms. The van der Waals surface area contributed by atoms with Gasteiger partial charge in [-0.05, 0) is 60.8 Å². The fraction of sp³-hybridized carbons (Fsp3) is 0.519. The van der Waals surface area contributed by atoms with Gasteiger partial charge in [0.25, 0.3) is 0 Å². The van der Waals surface area contributed by atoms with Crippen LogP contribution in [0.5, 0.6) is 0 Å². The van der Waals surface area contributed by atoms with Crippen LogP contribution in [0.3, 0.4) is 0 Å². The van der Waals surface area contributed by atoms with Gasteiger partial charge in [-0.25, -0.2) is 4.79 Å². The number of hydrogen-bond acceptors (Lipinski definition) is 3. The number of amides is 1. The molecule has 0 aromatic heterocycles. The van der Waals surface area contributed by atoms with Crippen LogP contribution in [0, 0.1) is 0 Å². The summed E-state index contributed by atoms with van der Waals surface area (Å²) in [5.41, 5.74) is 4.14. The molecule has 170 valence electrons. The predicted molar refractivity (Wildman–Crippen MR) is 122 cm³/mol. The van der Waals surface area contributed by atoms with Crippen molar-refractivity contribution in [1.82, 2.24) is 4.90 Å². The summed E-state index contributed by atoms with van der Waals surface area (Å²) in [4.78, 5) is 15.0. The number of unbranched alkanes of at least 4 members (excludes halogenated alkanes) is 2. The molecule has 2 fully saturated rings. The molecule has 1 aliphatic carbocycles. The zero-order valence-electron chi connectivity index (χ0n) is 18.5. The third-order valence-corrected chi connectivity index (χ3v) is 7.67. The summed E-state index contributed by atoms with van der Waals surface area (Å²) in [7, 11) is 0. The molecule has 2 saturated heterocycles. The van der Waals surface area contributed by atoms with Crippen LogP contribution in [0.15, 0.2) is 48.5 Å². The van der Waals surface area contributed by atoms with Crippen LogP contribution in [0.2, 0.25) is 0 Å². The fourth-order valence-corrected chi connectivity index (χ4v) is 6.22. The lowest BCUT2D eigenvalue weighted by atomic mass is 9.82. The van der Waals surface area contributed by atoms with Crippen molar-refractivity contribution in [3.05, 3.63) is 59.7 Å². The molecule has 5 rings (SSSR count). The quantitative estimate of drug-likeness (QED) is 0.555. The van der Waals surface area contributed by atoms with Crippen LogP contribution in [0.1, 0.15) is 68.4 Å². The minimum absolute atomic E-state index is 0.0376. The maximum absolute atomic E-state index is 13.1. The van der Waals surface area contributed by atoms with Crippen molar-refractivity contribution in [1.29, 1.82) is 0 Å². The molecule has 2 atom stereocenters. The van der Waals surface area contributed by atoms with E-state index < -0.39 is 5.60 Å². The topological polar surface area (TPSA) is 49.8 Å². The van der Waals surface area contributed by atoms with Crippen LogP contribution in [0.25, 0.3) is 11.1 Å². The zero-order valence-corrected chi connectivity index (χ0v) is 18.5. The fourth-order valence-electron chi connectivity index (χ4n) is 6.22. The van der Waals surface area contributed by atoms with Crippen molar-refractivity contribution in [2.45, 2.75) is 75.0 Å². The number of rotatable bonds is 7. The van der Waals surface area contributed by atoms with Crippen LogP contribution in [-0.4, -0.2) is 47.1 Å². The van der Waals surface area contributed by atoms with Crippen LogP contribution in [0.4, 0.5) is 9.18 Å². The molecule has 1 amide bonds. The summed E-state index contributed by atoms with van der Waals surface area (Å²) in [6.07, 6.45) is 5.69. The van der Waals surface area contributed by atoms with Gasteiger partial charge < -0.3 is 14.7 Å². The lowest BCUT2D eigenvalue weighted by Gasteiger charge is -2.43. The Hall–Kier alpha value is -2.40. The highest BCUT2D eigenvalue weighted by molar-refractivity contribution is 5.79. The number of carbonyl (C=O) groups excluding carboxylic acids is 1. The van der Waals surface area contributed by atoms with Gasteiger partial charge >= 0.3 is 6.09 Å². The smallest absolute Gasteiger partial charge is 0.410 e. The monoisotopic (exact) mass is 437 g/mol. The molecule has 2 aromatic rings. The molecule has 0 saturated carbocycles. The number of piperidine rings is 1.